The molecule has 0 unspecified atom stereocenters. The fourth-order valence-electron chi connectivity index (χ4n) is 1.44. The molecule has 0 spiro atoms. The van der Waals surface area contributed by atoms with Gasteiger partial charge in [-0.3, -0.25) is 4.79 Å². The van der Waals surface area contributed by atoms with Crippen LogP contribution in [0.15, 0.2) is 37.8 Å². The maximum absolute atomic E-state index is 10.9. The lowest BCUT2D eigenvalue weighted by Gasteiger charge is -2.21. The molecular weight excluding hydrogens is 214 g/mol. The van der Waals surface area contributed by atoms with E-state index in [1.807, 2.05) is 0 Å². The molecule has 1 amide bonds. The molecule has 2 rings (SSSR count). The molecule has 0 N–H and O–H groups in total. The number of amides is 1. The van der Waals surface area contributed by atoms with Gasteiger partial charge in [0.1, 0.15) is 0 Å². The first-order chi connectivity index (χ1) is 8.27. The zero-order chi connectivity index (χ0) is 12.5. The van der Waals surface area contributed by atoms with Gasteiger partial charge in [0.2, 0.25) is 5.91 Å². The molecule has 0 aromatic carbocycles. The summed E-state index contributed by atoms with van der Waals surface area (Å²) in [5.41, 5.74) is 0. The summed E-state index contributed by atoms with van der Waals surface area (Å²) in [6, 6.07) is 1.77. The SMILES string of the molecule is C=CN1CCCCC1=O.C=Cc1ncccn1. The summed E-state index contributed by atoms with van der Waals surface area (Å²) in [5, 5.41) is 0. The molecule has 0 bridgehead atoms. The van der Waals surface area contributed by atoms with E-state index >= 15 is 0 Å². The number of nitrogens with zero attached hydrogens (tertiary/aromatic N) is 3. The molecule has 0 atom stereocenters. The lowest BCUT2D eigenvalue weighted by atomic mass is 10.1. The minimum Gasteiger partial charge on any atom is -0.320 e. The first-order valence-electron chi connectivity index (χ1n) is 5.59. The normalized spacial score (nSPS) is 14.6. The minimum absolute atomic E-state index is 0.219. The quantitative estimate of drug-likeness (QED) is 0.784. The Balaban J connectivity index is 0.000000171. The molecule has 17 heavy (non-hydrogen) atoms. The number of hydrogen-bond acceptors (Lipinski definition) is 3. The molecule has 0 saturated carbocycles. The molecule has 1 saturated heterocycles. The number of hydrogen-bond donors (Lipinski definition) is 0. The minimum atomic E-state index is 0.219. The Bertz CT molecular complexity index is 376. The molecule has 4 nitrogen and oxygen atoms in total. The van der Waals surface area contributed by atoms with Crippen molar-refractivity contribution in [3.05, 3.63) is 43.6 Å². The molecule has 1 fully saturated rings. The number of rotatable bonds is 2. The number of piperidine rings is 1. The van der Waals surface area contributed by atoms with Crippen LogP contribution in [0.25, 0.3) is 6.08 Å². The lowest BCUT2D eigenvalue weighted by Crippen LogP contribution is -2.29. The molecule has 0 radical (unpaired) electrons. The fraction of sp³-hybridized carbons (Fsp3) is 0.308. The Kier molecular flexibility index (Phi) is 5.64. The summed E-state index contributed by atoms with van der Waals surface area (Å²) in [6.45, 7) is 7.91. The van der Waals surface area contributed by atoms with Gasteiger partial charge in [-0.15, -0.1) is 0 Å². The van der Waals surface area contributed by atoms with Crippen molar-refractivity contribution in [2.24, 2.45) is 0 Å². The van der Waals surface area contributed by atoms with E-state index in [0.717, 1.165) is 19.4 Å². The van der Waals surface area contributed by atoms with Crippen LogP contribution in [0.3, 0.4) is 0 Å². The monoisotopic (exact) mass is 231 g/mol. The van der Waals surface area contributed by atoms with Crippen LogP contribution in [0.2, 0.25) is 0 Å². The van der Waals surface area contributed by atoms with Gasteiger partial charge in [0.25, 0.3) is 0 Å². The van der Waals surface area contributed by atoms with E-state index in [4.69, 9.17) is 0 Å². The van der Waals surface area contributed by atoms with Gasteiger partial charge in [0.05, 0.1) is 0 Å². The number of carbonyl (C=O) groups is 1. The third kappa shape index (κ3) is 4.59. The molecule has 0 aliphatic carbocycles. The second-order valence-corrected chi connectivity index (χ2v) is 3.54. The molecule has 4 heteroatoms. The van der Waals surface area contributed by atoms with Crippen LogP contribution in [0.5, 0.6) is 0 Å². The van der Waals surface area contributed by atoms with Crippen molar-refractivity contribution in [1.29, 1.82) is 0 Å². The summed E-state index contributed by atoms with van der Waals surface area (Å²) in [5.74, 6) is 0.892. The molecule has 2 heterocycles. The van der Waals surface area contributed by atoms with Gasteiger partial charge in [0.15, 0.2) is 5.82 Å². The van der Waals surface area contributed by atoms with Crippen LogP contribution >= 0.6 is 0 Å². The highest BCUT2D eigenvalue weighted by Gasteiger charge is 2.13. The van der Waals surface area contributed by atoms with Gasteiger partial charge in [-0.2, -0.15) is 0 Å². The first kappa shape index (κ1) is 13.1. The summed E-state index contributed by atoms with van der Waals surface area (Å²) in [7, 11) is 0. The predicted molar refractivity (Wildman–Crippen MR) is 67.9 cm³/mol. The van der Waals surface area contributed by atoms with Crippen molar-refractivity contribution >= 4 is 12.0 Å². The molecule has 1 aliphatic heterocycles. The largest absolute Gasteiger partial charge is 0.320 e. The summed E-state index contributed by atoms with van der Waals surface area (Å²) < 4.78 is 0. The average molecular weight is 231 g/mol. The summed E-state index contributed by atoms with van der Waals surface area (Å²) in [6.07, 6.45) is 9.46. The van der Waals surface area contributed by atoms with Gasteiger partial charge in [0, 0.05) is 25.4 Å². The Labute approximate surface area is 102 Å². The van der Waals surface area contributed by atoms with Gasteiger partial charge >= 0.3 is 0 Å². The topological polar surface area (TPSA) is 46.1 Å². The number of aromatic nitrogens is 2. The molecular formula is C13H17N3O. The van der Waals surface area contributed by atoms with Crippen molar-refractivity contribution in [1.82, 2.24) is 14.9 Å². The van der Waals surface area contributed by atoms with Gasteiger partial charge in [-0.05, 0) is 31.2 Å². The van der Waals surface area contributed by atoms with E-state index < -0.39 is 0 Å². The van der Waals surface area contributed by atoms with Crippen molar-refractivity contribution in [2.75, 3.05) is 6.54 Å². The highest BCUT2D eigenvalue weighted by molar-refractivity contribution is 5.77. The standard InChI is InChI=1S/C7H11NO.C6H6N2/c1-2-8-6-4-3-5-7(8)9;1-2-6-7-4-3-5-8-6/h2H,1,3-6H2;2-5H,1H2. The van der Waals surface area contributed by atoms with Crippen LogP contribution in [-0.4, -0.2) is 27.3 Å². The van der Waals surface area contributed by atoms with Crippen molar-refractivity contribution in [3.63, 3.8) is 0 Å². The first-order valence-corrected chi connectivity index (χ1v) is 5.59. The molecule has 1 aromatic rings. The van der Waals surface area contributed by atoms with Gasteiger partial charge < -0.3 is 4.90 Å². The molecule has 1 aromatic heterocycles. The maximum Gasteiger partial charge on any atom is 0.226 e. The Morgan fingerprint density at radius 1 is 1.24 bits per heavy atom. The maximum atomic E-state index is 10.9. The van der Waals surface area contributed by atoms with Crippen LogP contribution in [-0.2, 0) is 4.79 Å². The van der Waals surface area contributed by atoms with E-state index in [1.54, 1.807) is 35.6 Å². The average Bonchev–Trinajstić information content (AvgIpc) is 2.41. The van der Waals surface area contributed by atoms with Crippen molar-refractivity contribution < 1.29 is 4.79 Å². The Hall–Kier alpha value is -1.97. The van der Waals surface area contributed by atoms with Crippen molar-refractivity contribution in [2.45, 2.75) is 19.3 Å². The van der Waals surface area contributed by atoms with E-state index in [1.165, 1.54) is 0 Å². The zero-order valence-electron chi connectivity index (χ0n) is 9.88. The van der Waals surface area contributed by atoms with E-state index in [-0.39, 0.29) is 5.91 Å². The molecule has 90 valence electrons. The smallest absolute Gasteiger partial charge is 0.226 e. The fourth-order valence-corrected chi connectivity index (χ4v) is 1.44. The predicted octanol–water partition coefficient (Wildman–Crippen LogP) is 2.26. The second kappa shape index (κ2) is 7.33. The van der Waals surface area contributed by atoms with Crippen LogP contribution in [0.1, 0.15) is 25.1 Å². The number of likely N-dealkylation sites (tertiary alicyclic amines) is 1. The lowest BCUT2D eigenvalue weighted by molar-refractivity contribution is -0.130. The van der Waals surface area contributed by atoms with Gasteiger partial charge in [-0.1, -0.05) is 13.2 Å². The Morgan fingerprint density at radius 2 is 1.94 bits per heavy atom. The third-order valence-electron chi connectivity index (χ3n) is 2.35. The van der Waals surface area contributed by atoms with Crippen LogP contribution in [0.4, 0.5) is 0 Å². The van der Waals surface area contributed by atoms with Gasteiger partial charge in [-0.25, -0.2) is 9.97 Å². The highest BCUT2D eigenvalue weighted by Crippen LogP contribution is 2.09. The zero-order valence-corrected chi connectivity index (χ0v) is 9.88. The summed E-state index contributed by atoms with van der Waals surface area (Å²) >= 11 is 0. The second-order valence-electron chi connectivity index (χ2n) is 3.54. The van der Waals surface area contributed by atoms with Crippen LogP contribution in [0, 0.1) is 0 Å². The van der Waals surface area contributed by atoms with Crippen molar-refractivity contribution in [3.8, 4) is 0 Å². The van der Waals surface area contributed by atoms with Crippen LogP contribution < -0.4 is 0 Å². The summed E-state index contributed by atoms with van der Waals surface area (Å²) in [4.78, 5) is 20.3. The van der Waals surface area contributed by atoms with E-state index in [2.05, 4.69) is 23.1 Å². The molecule has 1 aliphatic rings. The van der Waals surface area contributed by atoms with E-state index in [9.17, 15) is 4.79 Å². The Morgan fingerprint density at radius 3 is 2.35 bits per heavy atom. The third-order valence-corrected chi connectivity index (χ3v) is 2.35. The van der Waals surface area contributed by atoms with E-state index in [0.29, 0.717) is 12.2 Å². The highest BCUT2D eigenvalue weighted by atomic mass is 16.2. The number of carbonyl (C=O) groups excluding carboxylic acids is 1.